The van der Waals surface area contributed by atoms with Crippen molar-refractivity contribution in [1.29, 1.82) is 0 Å². The Bertz CT molecular complexity index is 942. The number of carbonyl (C=O) groups is 3. The van der Waals surface area contributed by atoms with Gasteiger partial charge in [0, 0.05) is 6.42 Å². The fraction of sp³-hybridized carbons (Fsp3) is 0.238. The van der Waals surface area contributed by atoms with Gasteiger partial charge in [-0.1, -0.05) is 42.5 Å². The molecule has 2 amide bonds. The summed E-state index contributed by atoms with van der Waals surface area (Å²) in [5, 5.41) is 14.3. The van der Waals surface area contributed by atoms with E-state index in [2.05, 4.69) is 20.2 Å². The number of hydrogen-bond acceptors (Lipinski definition) is 6. The van der Waals surface area contributed by atoms with Crippen molar-refractivity contribution in [3.63, 3.8) is 0 Å². The number of esters is 1. The van der Waals surface area contributed by atoms with Gasteiger partial charge in [-0.3, -0.25) is 4.79 Å². The van der Waals surface area contributed by atoms with Gasteiger partial charge in [-0.05, 0) is 30.2 Å². The van der Waals surface area contributed by atoms with Crippen molar-refractivity contribution in [3.8, 4) is 5.75 Å². The second-order valence-corrected chi connectivity index (χ2v) is 6.52. The fourth-order valence-corrected chi connectivity index (χ4v) is 2.53. The third-order valence-electron chi connectivity index (χ3n) is 4.13. The highest BCUT2D eigenvalue weighted by atomic mass is 16.5. The molecular weight excluding hydrogens is 404 g/mol. The molecular formula is C21H22N4O6. The number of phenols is 1. The standard InChI is InChI=1S/C21H22N4O6/c1-14(20(28)31-13-23-22)24-19(27)18(11-15-7-9-17(26)10-8-15)25-21(29)30-12-16-5-3-2-4-6-16/h2-10,13-14,18,26H,11-12H2,1H3,(H,24,27)(H,25,29)/t14-,18-/m0/s1. The van der Waals surface area contributed by atoms with Crippen LogP contribution in [0.2, 0.25) is 0 Å². The first-order valence-electron chi connectivity index (χ1n) is 9.31. The van der Waals surface area contributed by atoms with E-state index in [0.29, 0.717) is 12.0 Å². The number of benzene rings is 2. The van der Waals surface area contributed by atoms with Gasteiger partial charge in [0.05, 0.1) is 0 Å². The number of ether oxygens (including phenoxy) is 2. The summed E-state index contributed by atoms with van der Waals surface area (Å²) in [5.74, 6) is -1.46. The van der Waals surface area contributed by atoms with Crippen LogP contribution in [0.15, 0.2) is 54.6 Å². The summed E-state index contributed by atoms with van der Waals surface area (Å²) in [5.41, 5.74) is 9.74. The van der Waals surface area contributed by atoms with E-state index in [1.807, 2.05) is 6.07 Å². The molecule has 0 fully saturated rings. The zero-order valence-electron chi connectivity index (χ0n) is 16.7. The van der Waals surface area contributed by atoms with Crippen LogP contribution in [0.3, 0.4) is 0 Å². The molecule has 2 rings (SSSR count). The third kappa shape index (κ3) is 8.00. The Morgan fingerprint density at radius 3 is 2.39 bits per heavy atom. The minimum absolute atomic E-state index is 0.0173. The fourth-order valence-electron chi connectivity index (χ4n) is 2.53. The Balaban J connectivity index is 2.04. The lowest BCUT2D eigenvalue weighted by Crippen LogP contribution is -2.52. The van der Waals surface area contributed by atoms with E-state index in [1.165, 1.54) is 19.1 Å². The van der Waals surface area contributed by atoms with E-state index in [9.17, 15) is 19.5 Å². The van der Waals surface area contributed by atoms with Crippen molar-refractivity contribution in [1.82, 2.24) is 10.6 Å². The first kappa shape index (κ1) is 23.1. The number of rotatable bonds is 9. The van der Waals surface area contributed by atoms with Crippen LogP contribution in [0, 0.1) is 0 Å². The molecule has 0 heterocycles. The van der Waals surface area contributed by atoms with Crippen molar-refractivity contribution in [2.45, 2.75) is 32.0 Å². The summed E-state index contributed by atoms with van der Waals surface area (Å²) in [7, 11) is 0. The second kappa shape index (κ2) is 11.7. The predicted molar refractivity (Wildman–Crippen MR) is 109 cm³/mol. The van der Waals surface area contributed by atoms with Crippen LogP contribution >= 0.6 is 0 Å². The number of carbonyl (C=O) groups excluding carboxylic acids is 3. The molecule has 2 aromatic carbocycles. The molecule has 0 bridgehead atoms. The second-order valence-electron chi connectivity index (χ2n) is 6.52. The van der Waals surface area contributed by atoms with E-state index < -0.39 is 30.1 Å². The third-order valence-corrected chi connectivity index (χ3v) is 4.13. The van der Waals surface area contributed by atoms with E-state index in [-0.39, 0.29) is 18.8 Å². The largest absolute Gasteiger partial charge is 0.508 e. The van der Waals surface area contributed by atoms with Gasteiger partial charge in [0.1, 0.15) is 24.4 Å². The molecule has 31 heavy (non-hydrogen) atoms. The Morgan fingerprint density at radius 1 is 1.06 bits per heavy atom. The number of phenolic OH excluding ortho intramolecular Hbond substituents is 1. The van der Waals surface area contributed by atoms with Crippen molar-refractivity contribution in [2.75, 3.05) is 0 Å². The maximum atomic E-state index is 12.7. The van der Waals surface area contributed by atoms with E-state index in [1.54, 1.807) is 36.4 Å². The Kier molecular flexibility index (Phi) is 8.75. The highest BCUT2D eigenvalue weighted by Gasteiger charge is 2.26. The minimum atomic E-state index is -1.07. The highest BCUT2D eigenvalue weighted by Crippen LogP contribution is 2.12. The van der Waals surface area contributed by atoms with Gasteiger partial charge in [0.15, 0.2) is 0 Å². The summed E-state index contributed by atoms with van der Waals surface area (Å²) < 4.78 is 9.66. The summed E-state index contributed by atoms with van der Waals surface area (Å²) in [6.07, 6.45) is -0.213. The molecule has 0 saturated heterocycles. The smallest absolute Gasteiger partial charge is 0.446 e. The van der Waals surface area contributed by atoms with Gasteiger partial charge in [0.25, 0.3) is 0 Å². The Labute approximate surface area is 178 Å². The number of nitrogens with one attached hydrogen (secondary N) is 2. The zero-order chi connectivity index (χ0) is 22.6. The van der Waals surface area contributed by atoms with Crippen molar-refractivity contribution >= 4 is 24.4 Å². The van der Waals surface area contributed by atoms with Gasteiger partial charge in [-0.15, -0.1) is 4.79 Å². The lowest BCUT2D eigenvalue weighted by molar-refractivity contribution is -0.143. The first-order chi connectivity index (χ1) is 14.9. The summed E-state index contributed by atoms with van der Waals surface area (Å²) in [6.45, 7) is 1.39. The lowest BCUT2D eigenvalue weighted by Gasteiger charge is -2.20. The molecule has 0 aliphatic carbocycles. The molecule has 10 heteroatoms. The monoisotopic (exact) mass is 426 g/mol. The molecule has 2 aromatic rings. The van der Waals surface area contributed by atoms with Crippen LogP contribution in [-0.4, -0.2) is 46.4 Å². The number of nitrogens with zero attached hydrogens (tertiary/aromatic N) is 2. The van der Waals surface area contributed by atoms with Crippen LogP contribution in [0.1, 0.15) is 18.1 Å². The normalized spacial score (nSPS) is 11.9. The van der Waals surface area contributed by atoms with Crippen LogP contribution < -0.4 is 10.6 Å². The Hall–Kier alpha value is -4.17. The maximum Gasteiger partial charge on any atom is 0.446 e. The number of aromatic hydroxyl groups is 1. The van der Waals surface area contributed by atoms with Gasteiger partial charge >= 0.3 is 18.5 Å². The molecule has 162 valence electrons. The predicted octanol–water partition coefficient (Wildman–Crippen LogP) is 1.54. The lowest BCUT2D eigenvalue weighted by atomic mass is 10.0. The number of hydrogen-bond donors (Lipinski definition) is 3. The molecule has 0 saturated carbocycles. The summed E-state index contributed by atoms with van der Waals surface area (Å²) >= 11 is 0. The molecule has 0 aliphatic rings. The quantitative estimate of drug-likeness (QED) is 0.182. The highest BCUT2D eigenvalue weighted by molar-refractivity contribution is 5.90. The molecule has 0 spiro atoms. The molecule has 0 radical (unpaired) electrons. The Morgan fingerprint density at radius 2 is 1.74 bits per heavy atom. The zero-order valence-corrected chi connectivity index (χ0v) is 16.7. The van der Waals surface area contributed by atoms with Gasteiger partial charge in [-0.2, -0.15) is 0 Å². The summed E-state index contributed by atoms with van der Waals surface area (Å²) in [4.78, 5) is 39.2. The molecule has 0 unspecified atom stereocenters. The number of amides is 2. The molecule has 10 nitrogen and oxygen atoms in total. The van der Waals surface area contributed by atoms with E-state index in [0.717, 1.165) is 5.56 Å². The van der Waals surface area contributed by atoms with Crippen molar-refractivity contribution in [2.24, 2.45) is 0 Å². The molecule has 3 N–H and O–H groups in total. The first-order valence-corrected chi connectivity index (χ1v) is 9.31. The minimum Gasteiger partial charge on any atom is -0.508 e. The van der Waals surface area contributed by atoms with E-state index in [4.69, 9.17) is 10.3 Å². The van der Waals surface area contributed by atoms with E-state index >= 15 is 0 Å². The van der Waals surface area contributed by atoms with Crippen LogP contribution in [0.25, 0.3) is 5.53 Å². The number of alkyl carbamates (subject to hydrolysis) is 1. The van der Waals surface area contributed by atoms with Gasteiger partial charge in [0.2, 0.25) is 5.91 Å². The molecule has 2 atom stereocenters. The van der Waals surface area contributed by atoms with Crippen LogP contribution in [-0.2, 0) is 32.1 Å². The van der Waals surface area contributed by atoms with Crippen molar-refractivity contribution in [3.05, 3.63) is 71.3 Å². The van der Waals surface area contributed by atoms with Gasteiger partial charge in [-0.25, -0.2) is 9.59 Å². The van der Waals surface area contributed by atoms with Crippen LogP contribution in [0.5, 0.6) is 5.75 Å². The maximum absolute atomic E-state index is 12.7. The average molecular weight is 426 g/mol. The molecule has 0 aliphatic heterocycles. The van der Waals surface area contributed by atoms with Crippen molar-refractivity contribution < 1.29 is 33.8 Å². The molecule has 0 aromatic heterocycles. The summed E-state index contributed by atoms with van der Waals surface area (Å²) in [6, 6.07) is 13.0. The topological polar surface area (TPSA) is 150 Å². The SMILES string of the molecule is C[C@H](NC(=O)[C@H](Cc1ccc(O)cc1)NC(=O)OCc1ccccc1)C(=O)OC=[N+]=[N-]. The average Bonchev–Trinajstić information content (AvgIpc) is 2.77. The van der Waals surface area contributed by atoms with Gasteiger partial charge < -0.3 is 30.7 Å². The van der Waals surface area contributed by atoms with Crippen LogP contribution in [0.4, 0.5) is 4.79 Å².